The average molecular weight is 450 g/mol. The summed E-state index contributed by atoms with van der Waals surface area (Å²) in [6, 6.07) is 32.2. The second-order valence-electron chi connectivity index (χ2n) is 8.18. The van der Waals surface area contributed by atoms with Crippen molar-refractivity contribution in [1.29, 1.82) is 5.26 Å². The summed E-state index contributed by atoms with van der Waals surface area (Å²) in [5.74, 6) is 6.35. The molecule has 0 saturated carbocycles. The lowest BCUT2D eigenvalue weighted by atomic mass is 10.1. The summed E-state index contributed by atoms with van der Waals surface area (Å²) in [6.45, 7) is 3.27. The number of hydrogen-bond donors (Lipinski definition) is 0. The lowest BCUT2D eigenvalue weighted by molar-refractivity contribution is -0.448. The Labute approximate surface area is 197 Å². The van der Waals surface area contributed by atoms with Crippen LogP contribution in [0.15, 0.2) is 120 Å². The van der Waals surface area contributed by atoms with Crippen molar-refractivity contribution < 1.29 is 5.11 Å². The van der Waals surface area contributed by atoms with Crippen LogP contribution in [0.25, 0.3) is 18.2 Å². The Morgan fingerprint density at radius 1 is 0.697 bits per heavy atom. The summed E-state index contributed by atoms with van der Waals surface area (Å²) in [5, 5.41) is 23.6. The molecule has 0 aliphatic carbocycles. The maximum absolute atomic E-state index is 13.4. The quantitative estimate of drug-likeness (QED) is 0.263. The van der Waals surface area contributed by atoms with E-state index in [1.807, 2.05) is 91.0 Å². The number of nitriles is 1. The molecule has 0 N–H and O–H groups in total. The van der Waals surface area contributed by atoms with Crippen molar-refractivity contribution in [1.82, 2.24) is 0 Å². The van der Waals surface area contributed by atoms with E-state index in [1.54, 1.807) is 13.8 Å². The van der Waals surface area contributed by atoms with Gasteiger partial charge in [-0.1, -0.05) is 110 Å². The molecule has 3 rings (SSSR count). The molecule has 0 aliphatic heterocycles. The summed E-state index contributed by atoms with van der Waals surface area (Å²) < 4.78 is 0. The molecule has 0 bridgehead atoms. The second kappa shape index (κ2) is 11.4. The maximum atomic E-state index is 13.4. The van der Waals surface area contributed by atoms with E-state index >= 15 is 0 Å². The molecule has 0 aromatic heterocycles. The molecule has 3 heteroatoms. The van der Waals surface area contributed by atoms with Gasteiger partial charge in [-0.3, -0.25) is 0 Å². The van der Waals surface area contributed by atoms with Gasteiger partial charge in [0.05, 0.1) is 34.9 Å². The Kier molecular flexibility index (Phi) is 8.34. The Morgan fingerprint density at radius 3 is 1.30 bits per heavy atom. The van der Waals surface area contributed by atoms with Gasteiger partial charge in [0.2, 0.25) is 0 Å². The summed E-state index contributed by atoms with van der Waals surface area (Å²) in [5.41, 5.74) is 1.71. The Balaban J connectivity index is 2.23. The largest absolute Gasteiger partial charge is 0.844 e. The van der Waals surface area contributed by atoms with Gasteiger partial charge in [0, 0.05) is 0 Å². The molecule has 2 nitrogen and oxygen atoms in total. The van der Waals surface area contributed by atoms with Crippen molar-refractivity contribution in [3.8, 4) is 6.07 Å². The van der Waals surface area contributed by atoms with E-state index in [0.717, 1.165) is 16.7 Å². The zero-order valence-corrected chi connectivity index (χ0v) is 19.9. The highest BCUT2D eigenvalue weighted by Crippen LogP contribution is 2.72. The van der Waals surface area contributed by atoms with Crippen LogP contribution in [0.4, 0.5) is 0 Å². The highest BCUT2D eigenvalue weighted by Gasteiger charge is 2.39. The summed E-state index contributed by atoms with van der Waals surface area (Å²) in [7, 11) is -2.46. The van der Waals surface area contributed by atoms with E-state index in [9.17, 15) is 10.4 Å². The molecule has 33 heavy (non-hydrogen) atoms. The highest BCUT2D eigenvalue weighted by molar-refractivity contribution is 7.88. The number of hydrogen-bond acceptors (Lipinski definition) is 2. The molecular weight excluding hydrogens is 421 g/mol. The summed E-state index contributed by atoms with van der Waals surface area (Å²) in [4.78, 5) is 0. The molecule has 3 aromatic carbocycles. The van der Waals surface area contributed by atoms with Gasteiger partial charge in [-0.15, -0.1) is 0 Å². The van der Waals surface area contributed by atoms with Crippen LogP contribution in [0.5, 0.6) is 0 Å². The van der Waals surface area contributed by atoms with Crippen LogP contribution in [0.1, 0.15) is 30.5 Å². The molecule has 164 valence electrons. The minimum absolute atomic E-state index is 0.587. The smallest absolute Gasteiger partial charge is 0.117 e. The molecule has 0 fully saturated rings. The molecule has 0 unspecified atom stereocenters. The molecule has 0 amide bonds. The van der Waals surface area contributed by atoms with E-state index < -0.39 is 12.9 Å². The number of nitrogens with zero attached hydrogens (tertiary/aromatic N) is 1. The average Bonchev–Trinajstić information content (AvgIpc) is 2.84. The summed E-state index contributed by atoms with van der Waals surface area (Å²) >= 11 is 0. The molecule has 3 aromatic rings. The first-order valence-electron chi connectivity index (χ1n) is 10.9. The Bertz CT molecular complexity index is 1060. The van der Waals surface area contributed by atoms with Crippen LogP contribution in [-0.4, -0.2) is 5.60 Å². The topological polar surface area (TPSA) is 46.8 Å². The van der Waals surface area contributed by atoms with Gasteiger partial charge in [0.15, 0.2) is 0 Å². The third kappa shape index (κ3) is 6.99. The standard InChI is InChI=1S/C30H28NOP/c1-30(2,32)29(18-22-31)33(23-19-26-12-6-3-7-13-26,24-20-27-14-8-4-9-15-27)25-21-28-16-10-5-11-17-28/h3-21,23-25H,1-2H3/b23-19-,24-20-,25-21-,29-18-. The second-order valence-corrected chi connectivity index (χ2v) is 11.2. The molecule has 0 aliphatic rings. The van der Waals surface area contributed by atoms with Crippen molar-refractivity contribution in [3.63, 3.8) is 0 Å². The Hall–Kier alpha value is -3.50. The van der Waals surface area contributed by atoms with Crippen molar-refractivity contribution in [2.45, 2.75) is 19.4 Å². The fourth-order valence-corrected chi connectivity index (χ4v) is 6.77. The monoisotopic (exact) mass is 449 g/mol. The fourth-order valence-electron chi connectivity index (χ4n) is 3.52. The van der Waals surface area contributed by atoms with Crippen molar-refractivity contribution in [3.05, 3.63) is 137 Å². The summed E-state index contributed by atoms with van der Waals surface area (Å²) in [6.07, 6.45) is 7.60. The first-order chi connectivity index (χ1) is 15.9. The van der Waals surface area contributed by atoms with Gasteiger partial charge < -0.3 is 5.11 Å². The van der Waals surface area contributed by atoms with Gasteiger partial charge in [-0.25, -0.2) is 0 Å². The Morgan fingerprint density at radius 2 is 1.03 bits per heavy atom. The predicted molar refractivity (Wildman–Crippen MR) is 141 cm³/mol. The van der Waals surface area contributed by atoms with Crippen molar-refractivity contribution >= 4 is 25.5 Å². The van der Waals surface area contributed by atoms with Gasteiger partial charge in [-0.2, -0.15) is 5.26 Å². The molecular formula is C30H28NOP. The zero-order chi connectivity index (χ0) is 23.6. The van der Waals surface area contributed by atoms with Crippen LogP contribution in [0, 0.1) is 11.3 Å². The maximum Gasteiger partial charge on any atom is 0.117 e. The van der Waals surface area contributed by atoms with Crippen molar-refractivity contribution in [2.24, 2.45) is 0 Å². The van der Waals surface area contributed by atoms with E-state index in [4.69, 9.17) is 0 Å². The van der Waals surface area contributed by atoms with Crippen LogP contribution in [0.3, 0.4) is 0 Å². The molecule has 0 spiro atoms. The van der Waals surface area contributed by atoms with Gasteiger partial charge >= 0.3 is 0 Å². The molecule has 0 radical (unpaired) electrons. The minimum atomic E-state index is -2.46. The van der Waals surface area contributed by atoms with Gasteiger partial charge in [-0.05, 0) is 34.9 Å². The molecule has 0 saturated heterocycles. The third-order valence-corrected chi connectivity index (χ3v) is 8.60. The first kappa shape index (κ1) is 24.1. The van der Waals surface area contributed by atoms with Crippen LogP contribution < -0.4 is 5.11 Å². The van der Waals surface area contributed by atoms with E-state index in [-0.39, 0.29) is 0 Å². The van der Waals surface area contributed by atoms with Crippen molar-refractivity contribution in [2.75, 3.05) is 0 Å². The highest BCUT2D eigenvalue weighted by atomic mass is 31.2. The zero-order valence-electron chi connectivity index (χ0n) is 19.0. The SMILES string of the molecule is CC(C)([O-])/C(=C/C#N)[P+](/C=C\c1ccccc1)(/C=C\c1ccccc1)/C=C\c1ccccc1. The van der Waals surface area contributed by atoms with E-state index in [2.05, 4.69) is 41.7 Å². The molecule has 0 heterocycles. The first-order valence-corrected chi connectivity index (χ1v) is 12.8. The fraction of sp³-hybridized carbons (Fsp3) is 0.100. The van der Waals surface area contributed by atoms with Crippen LogP contribution in [-0.2, 0) is 0 Å². The van der Waals surface area contributed by atoms with E-state index in [0.29, 0.717) is 5.31 Å². The number of rotatable bonds is 8. The van der Waals surface area contributed by atoms with Gasteiger partial charge in [0.25, 0.3) is 0 Å². The minimum Gasteiger partial charge on any atom is -0.844 e. The van der Waals surface area contributed by atoms with Gasteiger partial charge in [0.1, 0.15) is 7.26 Å². The van der Waals surface area contributed by atoms with E-state index in [1.165, 1.54) is 6.08 Å². The van der Waals surface area contributed by atoms with Crippen LogP contribution >= 0.6 is 7.26 Å². The number of allylic oxidation sites excluding steroid dienone is 1. The lowest BCUT2D eigenvalue weighted by Gasteiger charge is -2.36. The number of benzene rings is 3. The third-order valence-electron chi connectivity index (χ3n) is 5.18. The normalized spacial score (nSPS) is 13.1. The molecule has 0 atom stereocenters. The lowest BCUT2D eigenvalue weighted by Crippen LogP contribution is -2.39. The predicted octanol–water partition coefficient (Wildman–Crippen LogP) is 7.56. The van der Waals surface area contributed by atoms with Crippen LogP contribution in [0.2, 0.25) is 0 Å².